The molecule has 0 unspecified atom stereocenters. The third kappa shape index (κ3) is 9.58. The molecular formula is C19H37N. The van der Waals surface area contributed by atoms with E-state index >= 15 is 0 Å². The van der Waals surface area contributed by atoms with E-state index in [1.165, 1.54) is 83.5 Å². The van der Waals surface area contributed by atoms with Gasteiger partial charge in [0.1, 0.15) is 0 Å². The van der Waals surface area contributed by atoms with Crippen molar-refractivity contribution in [2.75, 3.05) is 0 Å². The normalized spacial score (nSPS) is 23.5. The summed E-state index contributed by atoms with van der Waals surface area (Å²) in [4.78, 5) is 0. The van der Waals surface area contributed by atoms with Crippen LogP contribution in [0.5, 0.6) is 0 Å². The molecule has 1 aliphatic rings. The molecule has 118 valence electrons. The molecule has 2 atom stereocenters. The van der Waals surface area contributed by atoms with Gasteiger partial charge in [-0.3, -0.25) is 0 Å². The average Bonchev–Trinajstić information content (AvgIpc) is 2.45. The minimum atomic E-state index is 0.747. The van der Waals surface area contributed by atoms with Gasteiger partial charge in [-0.25, -0.2) is 0 Å². The van der Waals surface area contributed by atoms with Gasteiger partial charge >= 0.3 is 0 Å². The van der Waals surface area contributed by atoms with Crippen LogP contribution in [0.25, 0.3) is 0 Å². The first-order chi connectivity index (χ1) is 9.83. The highest BCUT2D eigenvalue weighted by Crippen LogP contribution is 2.16. The molecule has 1 heterocycles. The van der Waals surface area contributed by atoms with Crippen LogP contribution in [0.4, 0.5) is 0 Å². The highest BCUT2D eigenvalue weighted by molar-refractivity contribution is 4.83. The average molecular weight is 280 g/mol. The zero-order valence-electron chi connectivity index (χ0n) is 14.0. The van der Waals surface area contributed by atoms with Crippen molar-refractivity contribution in [1.82, 2.24) is 5.32 Å². The molecule has 1 aliphatic heterocycles. The number of hydrogen-bond acceptors (Lipinski definition) is 1. The van der Waals surface area contributed by atoms with Crippen molar-refractivity contribution in [2.24, 2.45) is 0 Å². The molecule has 1 fully saturated rings. The summed E-state index contributed by atoms with van der Waals surface area (Å²) in [6.07, 6.45) is 22.8. The first-order valence-corrected chi connectivity index (χ1v) is 9.24. The van der Waals surface area contributed by atoms with Gasteiger partial charge in [0.25, 0.3) is 0 Å². The lowest BCUT2D eigenvalue weighted by Gasteiger charge is -2.28. The molecule has 1 heteroatoms. The minimum Gasteiger partial charge on any atom is -0.312 e. The second kappa shape index (κ2) is 12.4. The number of nitrogens with one attached hydrogen (secondary N) is 1. The quantitative estimate of drug-likeness (QED) is 0.361. The molecule has 0 amide bonds. The third-order valence-electron chi connectivity index (χ3n) is 4.52. The van der Waals surface area contributed by atoms with Gasteiger partial charge < -0.3 is 5.32 Å². The molecule has 1 rings (SSSR count). The smallest absolute Gasteiger partial charge is 0.00696 e. The Kier molecular flexibility index (Phi) is 11.0. The van der Waals surface area contributed by atoms with Crippen molar-refractivity contribution < 1.29 is 0 Å². The Morgan fingerprint density at radius 2 is 1.60 bits per heavy atom. The lowest BCUT2D eigenvalue weighted by Crippen LogP contribution is -2.40. The van der Waals surface area contributed by atoms with Crippen molar-refractivity contribution in [2.45, 2.75) is 109 Å². The van der Waals surface area contributed by atoms with Crippen LogP contribution in [0.2, 0.25) is 0 Å². The van der Waals surface area contributed by atoms with E-state index < -0.39 is 0 Å². The summed E-state index contributed by atoms with van der Waals surface area (Å²) in [6, 6.07) is 1.54. The Balaban J connectivity index is 1.84. The zero-order chi connectivity index (χ0) is 14.5. The largest absolute Gasteiger partial charge is 0.312 e. The molecule has 0 aromatic heterocycles. The maximum absolute atomic E-state index is 3.73. The fourth-order valence-corrected chi connectivity index (χ4v) is 3.23. The topological polar surface area (TPSA) is 12.0 Å². The Morgan fingerprint density at radius 3 is 2.35 bits per heavy atom. The highest BCUT2D eigenvalue weighted by Gasteiger charge is 2.16. The molecule has 0 spiro atoms. The summed E-state index contributed by atoms with van der Waals surface area (Å²) in [5, 5.41) is 3.73. The van der Waals surface area contributed by atoms with E-state index in [1.807, 2.05) is 0 Å². The highest BCUT2D eigenvalue weighted by atomic mass is 15.0. The van der Waals surface area contributed by atoms with Gasteiger partial charge in [0.2, 0.25) is 0 Å². The third-order valence-corrected chi connectivity index (χ3v) is 4.52. The van der Waals surface area contributed by atoms with E-state index in [1.54, 1.807) is 0 Å². The van der Waals surface area contributed by atoms with E-state index in [0.717, 1.165) is 12.1 Å². The van der Waals surface area contributed by atoms with Crippen LogP contribution in [-0.4, -0.2) is 12.1 Å². The molecule has 1 saturated heterocycles. The van der Waals surface area contributed by atoms with Crippen LogP contribution < -0.4 is 5.32 Å². The molecule has 1 nitrogen and oxygen atoms in total. The number of rotatable bonds is 11. The summed E-state index contributed by atoms with van der Waals surface area (Å²) in [7, 11) is 0. The van der Waals surface area contributed by atoms with Crippen LogP contribution in [-0.2, 0) is 0 Å². The van der Waals surface area contributed by atoms with Gasteiger partial charge in [0.05, 0.1) is 0 Å². The van der Waals surface area contributed by atoms with Gasteiger partial charge in [0.15, 0.2) is 0 Å². The van der Waals surface area contributed by atoms with E-state index in [-0.39, 0.29) is 0 Å². The first-order valence-electron chi connectivity index (χ1n) is 9.24. The fraction of sp³-hybridized carbons (Fsp3) is 0.895. The van der Waals surface area contributed by atoms with E-state index in [2.05, 4.69) is 31.3 Å². The minimum absolute atomic E-state index is 0.747. The predicted molar refractivity (Wildman–Crippen MR) is 91.2 cm³/mol. The summed E-state index contributed by atoms with van der Waals surface area (Å²) < 4.78 is 0. The second-order valence-electron chi connectivity index (χ2n) is 6.65. The maximum Gasteiger partial charge on any atom is 0.00696 e. The van der Waals surface area contributed by atoms with Crippen LogP contribution in [0.15, 0.2) is 12.2 Å². The lowest BCUT2D eigenvalue weighted by molar-refractivity contribution is 0.318. The molecule has 0 radical (unpaired) electrons. The second-order valence-corrected chi connectivity index (χ2v) is 6.65. The van der Waals surface area contributed by atoms with Crippen LogP contribution >= 0.6 is 0 Å². The van der Waals surface area contributed by atoms with Crippen LogP contribution in [0, 0.1) is 0 Å². The standard InChI is InChI=1S/C19H37N/c1-3-4-5-6-7-8-9-10-11-12-13-16-19-17-14-15-18(2)20-19/h10-11,18-20H,3-9,12-17H2,1-2H3/b11-10+/t18-,19+/m0/s1. The van der Waals surface area contributed by atoms with Crippen molar-refractivity contribution in [1.29, 1.82) is 0 Å². The van der Waals surface area contributed by atoms with Crippen molar-refractivity contribution in [3.8, 4) is 0 Å². The van der Waals surface area contributed by atoms with Crippen LogP contribution in [0.1, 0.15) is 97.3 Å². The van der Waals surface area contributed by atoms with Crippen molar-refractivity contribution in [3.63, 3.8) is 0 Å². The Morgan fingerprint density at radius 1 is 0.900 bits per heavy atom. The van der Waals surface area contributed by atoms with Gasteiger partial charge in [0, 0.05) is 12.1 Å². The molecule has 0 bridgehead atoms. The molecule has 0 saturated carbocycles. The maximum atomic E-state index is 3.73. The molecule has 0 aliphatic carbocycles. The number of hydrogen-bond donors (Lipinski definition) is 1. The monoisotopic (exact) mass is 279 g/mol. The molecule has 0 aromatic rings. The van der Waals surface area contributed by atoms with Gasteiger partial charge in [-0.2, -0.15) is 0 Å². The molecule has 1 N–H and O–H groups in total. The van der Waals surface area contributed by atoms with Crippen molar-refractivity contribution in [3.05, 3.63) is 12.2 Å². The van der Waals surface area contributed by atoms with Crippen LogP contribution in [0.3, 0.4) is 0 Å². The summed E-state index contributed by atoms with van der Waals surface area (Å²) in [5.41, 5.74) is 0. The SMILES string of the molecule is CCCCCCCC/C=C/CCC[C@@H]1CCC[C@H](C)N1. The van der Waals surface area contributed by atoms with Gasteiger partial charge in [-0.1, -0.05) is 57.6 Å². The summed E-state index contributed by atoms with van der Waals surface area (Å²) in [5.74, 6) is 0. The Labute approximate surface area is 127 Å². The lowest BCUT2D eigenvalue weighted by atomic mass is 9.96. The van der Waals surface area contributed by atoms with E-state index in [4.69, 9.17) is 0 Å². The van der Waals surface area contributed by atoms with Gasteiger partial charge in [-0.05, 0) is 51.9 Å². The summed E-state index contributed by atoms with van der Waals surface area (Å²) >= 11 is 0. The van der Waals surface area contributed by atoms with Gasteiger partial charge in [-0.15, -0.1) is 0 Å². The Hall–Kier alpha value is -0.300. The number of unbranched alkanes of at least 4 members (excludes halogenated alkanes) is 7. The first kappa shape index (κ1) is 17.8. The number of allylic oxidation sites excluding steroid dienone is 2. The zero-order valence-corrected chi connectivity index (χ0v) is 14.0. The van der Waals surface area contributed by atoms with E-state index in [9.17, 15) is 0 Å². The predicted octanol–water partition coefficient (Wildman–Crippen LogP) is 5.99. The Bertz CT molecular complexity index is 234. The fourth-order valence-electron chi connectivity index (χ4n) is 3.23. The summed E-state index contributed by atoms with van der Waals surface area (Å²) in [6.45, 7) is 4.61. The molecule has 0 aromatic carbocycles. The molecule has 20 heavy (non-hydrogen) atoms. The van der Waals surface area contributed by atoms with E-state index in [0.29, 0.717) is 0 Å². The van der Waals surface area contributed by atoms with Crippen molar-refractivity contribution >= 4 is 0 Å². The molecular weight excluding hydrogens is 242 g/mol. The number of piperidine rings is 1.